The van der Waals surface area contributed by atoms with E-state index < -0.39 is 17.8 Å². The summed E-state index contributed by atoms with van der Waals surface area (Å²) in [6.07, 6.45) is -2.24. The van der Waals surface area contributed by atoms with Crippen LogP contribution < -0.4 is 5.32 Å². The molecule has 0 saturated heterocycles. The lowest BCUT2D eigenvalue weighted by Gasteiger charge is -2.15. The van der Waals surface area contributed by atoms with Crippen molar-refractivity contribution < 1.29 is 23.1 Å². The summed E-state index contributed by atoms with van der Waals surface area (Å²) in [5.41, 5.74) is -0.641. The van der Waals surface area contributed by atoms with Gasteiger partial charge in [-0.2, -0.15) is 13.2 Å². The van der Waals surface area contributed by atoms with E-state index in [2.05, 4.69) is 5.32 Å². The van der Waals surface area contributed by atoms with Crippen LogP contribution in [0.5, 0.6) is 0 Å². The summed E-state index contributed by atoms with van der Waals surface area (Å²) in [7, 11) is 0. The summed E-state index contributed by atoms with van der Waals surface area (Å²) in [6.45, 7) is -0.0594. The number of aliphatic hydroxyl groups is 1. The van der Waals surface area contributed by atoms with Crippen LogP contribution in [0.2, 0.25) is 0 Å². The second kappa shape index (κ2) is 5.57. The topological polar surface area (TPSA) is 49.3 Å². The van der Waals surface area contributed by atoms with E-state index in [4.69, 9.17) is 0 Å². The van der Waals surface area contributed by atoms with E-state index in [-0.39, 0.29) is 23.9 Å². The molecule has 2 fully saturated rings. The van der Waals surface area contributed by atoms with Crippen LogP contribution >= 0.6 is 0 Å². The summed E-state index contributed by atoms with van der Waals surface area (Å²) in [6, 6.07) is 4.56. The summed E-state index contributed by atoms with van der Waals surface area (Å²) in [4.78, 5) is 12.0. The van der Waals surface area contributed by atoms with Crippen molar-refractivity contribution in [2.24, 2.45) is 17.8 Å². The molecule has 3 unspecified atom stereocenters. The number of carbonyl (C=O) groups excluding carboxylic acids is 1. The molecule has 2 saturated carbocycles. The lowest BCUT2D eigenvalue weighted by Crippen LogP contribution is -2.30. The SMILES string of the molecule is O=C(NCC(O)c1cccc(C(F)(F)F)c1)C1C2CCCC21. The van der Waals surface area contributed by atoms with Gasteiger partial charge < -0.3 is 10.4 Å². The van der Waals surface area contributed by atoms with E-state index >= 15 is 0 Å². The average molecular weight is 313 g/mol. The molecule has 0 bridgehead atoms. The van der Waals surface area contributed by atoms with E-state index in [0.717, 1.165) is 25.0 Å². The molecule has 0 heterocycles. The lowest BCUT2D eigenvalue weighted by molar-refractivity contribution is -0.137. The Morgan fingerprint density at radius 3 is 2.64 bits per heavy atom. The predicted molar refractivity (Wildman–Crippen MR) is 73.7 cm³/mol. The van der Waals surface area contributed by atoms with Gasteiger partial charge >= 0.3 is 6.18 Å². The van der Waals surface area contributed by atoms with Crippen LogP contribution in [0.3, 0.4) is 0 Å². The van der Waals surface area contributed by atoms with E-state index in [1.807, 2.05) is 0 Å². The van der Waals surface area contributed by atoms with E-state index in [9.17, 15) is 23.1 Å². The average Bonchev–Trinajstić information content (AvgIpc) is 2.96. The van der Waals surface area contributed by atoms with Crippen LogP contribution in [0.4, 0.5) is 13.2 Å². The van der Waals surface area contributed by atoms with Crippen LogP contribution in [-0.4, -0.2) is 17.6 Å². The minimum Gasteiger partial charge on any atom is -0.387 e. The molecule has 3 rings (SSSR count). The first kappa shape index (κ1) is 15.3. The zero-order chi connectivity index (χ0) is 15.9. The number of benzene rings is 1. The monoisotopic (exact) mass is 313 g/mol. The van der Waals surface area contributed by atoms with Crippen molar-refractivity contribution in [2.75, 3.05) is 6.54 Å². The fourth-order valence-electron chi connectivity index (χ4n) is 3.57. The van der Waals surface area contributed by atoms with Gasteiger partial charge in [0.05, 0.1) is 11.7 Å². The third-order valence-electron chi connectivity index (χ3n) is 4.78. The molecule has 22 heavy (non-hydrogen) atoms. The number of fused-ring (bicyclic) bond motifs is 1. The second-order valence-electron chi connectivity index (χ2n) is 6.17. The fourth-order valence-corrected chi connectivity index (χ4v) is 3.57. The van der Waals surface area contributed by atoms with Crippen LogP contribution in [-0.2, 0) is 11.0 Å². The zero-order valence-electron chi connectivity index (χ0n) is 11.9. The maximum atomic E-state index is 12.6. The molecule has 1 aromatic carbocycles. The molecule has 0 spiro atoms. The highest BCUT2D eigenvalue weighted by Crippen LogP contribution is 2.57. The third-order valence-corrected chi connectivity index (χ3v) is 4.78. The normalized spacial score (nSPS) is 28.1. The Labute approximate surface area is 126 Å². The third kappa shape index (κ3) is 2.97. The number of aliphatic hydroxyl groups excluding tert-OH is 1. The molecule has 1 amide bonds. The van der Waals surface area contributed by atoms with Gasteiger partial charge in [0, 0.05) is 12.5 Å². The van der Waals surface area contributed by atoms with E-state index in [1.165, 1.54) is 18.6 Å². The largest absolute Gasteiger partial charge is 0.416 e. The smallest absolute Gasteiger partial charge is 0.387 e. The van der Waals surface area contributed by atoms with E-state index in [1.54, 1.807) is 0 Å². The van der Waals surface area contributed by atoms with Crippen molar-refractivity contribution in [3.63, 3.8) is 0 Å². The Morgan fingerprint density at radius 1 is 1.32 bits per heavy atom. The van der Waals surface area contributed by atoms with Crippen molar-refractivity contribution in [1.82, 2.24) is 5.32 Å². The molecular formula is C16H18F3NO2. The van der Waals surface area contributed by atoms with Gasteiger partial charge in [0.15, 0.2) is 0 Å². The van der Waals surface area contributed by atoms with Crippen LogP contribution in [0, 0.1) is 17.8 Å². The van der Waals surface area contributed by atoms with Gasteiger partial charge in [-0.1, -0.05) is 18.6 Å². The van der Waals surface area contributed by atoms with Gasteiger partial charge in [-0.05, 0) is 42.4 Å². The van der Waals surface area contributed by atoms with Crippen LogP contribution in [0.1, 0.15) is 36.5 Å². The molecule has 3 atom stereocenters. The minimum absolute atomic E-state index is 0.0439. The van der Waals surface area contributed by atoms with Crippen molar-refractivity contribution in [2.45, 2.75) is 31.5 Å². The Hall–Kier alpha value is -1.56. The lowest BCUT2D eigenvalue weighted by atomic mass is 10.1. The highest BCUT2D eigenvalue weighted by Gasteiger charge is 2.56. The molecule has 2 N–H and O–H groups in total. The second-order valence-corrected chi connectivity index (χ2v) is 6.17. The number of carbonyl (C=O) groups is 1. The number of halogens is 3. The Balaban J connectivity index is 1.56. The molecule has 120 valence electrons. The van der Waals surface area contributed by atoms with Gasteiger partial charge in [0.25, 0.3) is 0 Å². The highest BCUT2D eigenvalue weighted by molar-refractivity contribution is 5.82. The molecule has 2 aliphatic carbocycles. The molecule has 0 aromatic heterocycles. The minimum atomic E-state index is -4.44. The maximum absolute atomic E-state index is 12.6. The molecular weight excluding hydrogens is 295 g/mol. The maximum Gasteiger partial charge on any atom is 0.416 e. The zero-order valence-corrected chi connectivity index (χ0v) is 11.9. The molecule has 0 radical (unpaired) electrons. The fraction of sp³-hybridized carbons (Fsp3) is 0.562. The van der Waals surface area contributed by atoms with Crippen molar-refractivity contribution in [3.8, 4) is 0 Å². The van der Waals surface area contributed by atoms with Crippen molar-refractivity contribution in [3.05, 3.63) is 35.4 Å². The summed E-state index contributed by atoms with van der Waals surface area (Å²) >= 11 is 0. The van der Waals surface area contributed by atoms with Gasteiger partial charge in [-0.15, -0.1) is 0 Å². The summed E-state index contributed by atoms with van der Waals surface area (Å²) < 4.78 is 37.9. The molecule has 1 aromatic rings. The predicted octanol–water partition coefficient (Wildman–Crippen LogP) is 2.90. The van der Waals surface area contributed by atoms with E-state index in [0.29, 0.717) is 11.8 Å². The first-order chi connectivity index (χ1) is 10.4. The number of alkyl halides is 3. The van der Waals surface area contributed by atoms with Gasteiger partial charge in [-0.3, -0.25) is 4.79 Å². The molecule has 6 heteroatoms. The first-order valence-corrected chi connectivity index (χ1v) is 7.51. The number of hydrogen-bond acceptors (Lipinski definition) is 2. The quantitative estimate of drug-likeness (QED) is 0.898. The first-order valence-electron chi connectivity index (χ1n) is 7.51. The Morgan fingerprint density at radius 2 is 2.00 bits per heavy atom. The van der Waals surface area contributed by atoms with Crippen LogP contribution in [0.25, 0.3) is 0 Å². The summed E-state index contributed by atoms with van der Waals surface area (Å²) in [5, 5.41) is 12.6. The molecule has 0 aliphatic heterocycles. The van der Waals surface area contributed by atoms with Crippen LogP contribution in [0.15, 0.2) is 24.3 Å². The standard InChI is InChI=1S/C16H18F3NO2/c17-16(18,19)10-4-1-3-9(7-10)13(21)8-20-15(22)14-11-5-2-6-12(11)14/h1,3-4,7,11-14,21H,2,5-6,8H2,(H,20,22). The Kier molecular flexibility index (Phi) is 3.89. The van der Waals surface area contributed by atoms with Gasteiger partial charge in [0.1, 0.15) is 0 Å². The van der Waals surface area contributed by atoms with Gasteiger partial charge in [0.2, 0.25) is 5.91 Å². The Bertz CT molecular complexity index is 563. The molecule has 2 aliphatic rings. The number of amides is 1. The number of nitrogens with one attached hydrogen (secondary N) is 1. The van der Waals surface area contributed by atoms with Crippen molar-refractivity contribution in [1.29, 1.82) is 0 Å². The number of hydrogen-bond donors (Lipinski definition) is 2. The molecule has 3 nitrogen and oxygen atoms in total. The highest BCUT2D eigenvalue weighted by atomic mass is 19.4. The summed E-state index contributed by atoms with van der Waals surface area (Å²) in [5.74, 6) is 0.916. The number of rotatable bonds is 4. The van der Waals surface area contributed by atoms with Crippen molar-refractivity contribution >= 4 is 5.91 Å². The van der Waals surface area contributed by atoms with Gasteiger partial charge in [-0.25, -0.2) is 0 Å².